The summed E-state index contributed by atoms with van der Waals surface area (Å²) in [6.45, 7) is 0. The van der Waals surface area contributed by atoms with E-state index >= 15 is 0 Å². The molecule has 3 rings (SSSR count). The molecule has 0 aliphatic carbocycles. The number of halogens is 1. The van der Waals surface area contributed by atoms with E-state index in [1.165, 1.54) is 12.3 Å². The lowest BCUT2D eigenvalue weighted by Crippen LogP contribution is -2.20. The van der Waals surface area contributed by atoms with Crippen LogP contribution in [0.2, 0.25) is 0 Å². The first-order chi connectivity index (χ1) is 9.15. The summed E-state index contributed by atoms with van der Waals surface area (Å²) >= 11 is 0. The van der Waals surface area contributed by atoms with Crippen molar-refractivity contribution >= 4 is 11.6 Å². The van der Waals surface area contributed by atoms with Crippen LogP contribution in [0.3, 0.4) is 0 Å². The maximum atomic E-state index is 14.0. The molecule has 1 unspecified atom stereocenters. The molecule has 0 bridgehead atoms. The number of nitrogens with one attached hydrogen (secondary N) is 1. The summed E-state index contributed by atoms with van der Waals surface area (Å²) in [6.07, 6.45) is 1.20. The molecule has 0 fully saturated rings. The lowest BCUT2D eigenvalue weighted by Gasteiger charge is -2.19. The maximum absolute atomic E-state index is 14.0. The van der Waals surface area contributed by atoms with Crippen LogP contribution in [0, 0.1) is 5.82 Å². The first kappa shape index (κ1) is 11.9. The minimum absolute atomic E-state index is 0.119. The quantitative estimate of drug-likeness (QED) is 0.872. The van der Waals surface area contributed by atoms with E-state index < -0.39 is 11.9 Å². The van der Waals surface area contributed by atoms with E-state index in [4.69, 9.17) is 4.42 Å². The van der Waals surface area contributed by atoms with Crippen LogP contribution in [0.4, 0.5) is 10.1 Å². The minimum atomic E-state index is -1.14. The Morgan fingerprint density at radius 2 is 2.21 bits per heavy atom. The Morgan fingerprint density at radius 1 is 1.37 bits per heavy atom. The summed E-state index contributed by atoms with van der Waals surface area (Å²) in [7, 11) is 0. The fourth-order valence-electron chi connectivity index (χ4n) is 2.23. The van der Waals surface area contributed by atoms with E-state index in [0.717, 1.165) is 5.56 Å². The van der Waals surface area contributed by atoms with Gasteiger partial charge in [0.1, 0.15) is 17.7 Å². The highest BCUT2D eigenvalue weighted by molar-refractivity contribution is 5.93. The Bertz CT molecular complexity index is 622. The van der Waals surface area contributed by atoms with Gasteiger partial charge in [0.2, 0.25) is 5.91 Å². The molecule has 98 valence electrons. The molecule has 2 heterocycles. The van der Waals surface area contributed by atoms with Crippen LogP contribution in [0.25, 0.3) is 0 Å². The molecule has 0 saturated heterocycles. The number of anilines is 1. The van der Waals surface area contributed by atoms with Gasteiger partial charge in [-0.1, -0.05) is 0 Å². The van der Waals surface area contributed by atoms with Crippen molar-refractivity contribution in [2.24, 2.45) is 0 Å². The van der Waals surface area contributed by atoms with E-state index in [0.29, 0.717) is 24.3 Å². The number of aryl methyl sites for hydroxylation is 1. The number of fused-ring (bicyclic) bond motifs is 1. The van der Waals surface area contributed by atoms with Crippen molar-refractivity contribution in [3.63, 3.8) is 0 Å². The van der Waals surface area contributed by atoms with Gasteiger partial charge in [-0.3, -0.25) is 4.79 Å². The second-order valence-electron chi connectivity index (χ2n) is 4.50. The molecule has 1 amide bonds. The third-order valence-corrected chi connectivity index (χ3v) is 3.23. The Kier molecular flexibility index (Phi) is 2.83. The summed E-state index contributed by atoms with van der Waals surface area (Å²) in [5, 5.41) is 12.7. The van der Waals surface area contributed by atoms with Gasteiger partial charge >= 0.3 is 0 Å². The van der Waals surface area contributed by atoms with Gasteiger partial charge in [0, 0.05) is 17.7 Å². The van der Waals surface area contributed by atoms with Crippen LogP contribution in [-0.2, 0) is 11.2 Å². The highest BCUT2D eigenvalue weighted by Gasteiger charge is 2.22. The Labute approximate surface area is 108 Å². The van der Waals surface area contributed by atoms with Crippen LogP contribution in [0.1, 0.15) is 29.4 Å². The van der Waals surface area contributed by atoms with Crippen molar-refractivity contribution in [1.82, 2.24) is 0 Å². The zero-order valence-electron chi connectivity index (χ0n) is 10.0. The number of amides is 1. The number of carbonyl (C=O) groups excluding carboxylic acids is 1. The number of aliphatic hydroxyl groups excluding tert-OH is 1. The van der Waals surface area contributed by atoms with Crippen molar-refractivity contribution in [2.45, 2.75) is 18.9 Å². The minimum Gasteiger partial charge on any atom is -0.466 e. The monoisotopic (exact) mass is 261 g/mol. The number of rotatable bonds is 2. The van der Waals surface area contributed by atoms with E-state index in [1.54, 1.807) is 18.2 Å². The number of carbonyl (C=O) groups is 1. The van der Waals surface area contributed by atoms with Gasteiger partial charge in [-0.2, -0.15) is 0 Å². The van der Waals surface area contributed by atoms with Gasteiger partial charge in [-0.15, -0.1) is 0 Å². The molecule has 0 saturated carbocycles. The maximum Gasteiger partial charge on any atom is 0.224 e. The van der Waals surface area contributed by atoms with Crippen molar-refractivity contribution < 1.29 is 18.7 Å². The largest absolute Gasteiger partial charge is 0.466 e. The fraction of sp³-hybridized carbons (Fsp3) is 0.214. The first-order valence-electron chi connectivity index (χ1n) is 5.99. The second-order valence-corrected chi connectivity index (χ2v) is 4.50. The summed E-state index contributed by atoms with van der Waals surface area (Å²) < 4.78 is 19.1. The van der Waals surface area contributed by atoms with E-state index in [2.05, 4.69) is 5.32 Å². The van der Waals surface area contributed by atoms with E-state index in [1.807, 2.05) is 0 Å². The topological polar surface area (TPSA) is 62.5 Å². The van der Waals surface area contributed by atoms with Crippen molar-refractivity contribution in [1.29, 1.82) is 0 Å². The number of hydrogen-bond acceptors (Lipinski definition) is 3. The normalized spacial score (nSPS) is 15.8. The molecule has 4 nitrogen and oxygen atoms in total. The Hall–Kier alpha value is -2.14. The average molecular weight is 261 g/mol. The zero-order valence-corrected chi connectivity index (χ0v) is 10.0. The van der Waals surface area contributed by atoms with E-state index in [-0.39, 0.29) is 11.5 Å². The molecule has 1 aliphatic rings. The molecule has 2 N–H and O–H groups in total. The molecule has 1 aromatic heterocycles. The number of hydrogen-bond donors (Lipinski definition) is 2. The van der Waals surface area contributed by atoms with Gasteiger partial charge in [0.25, 0.3) is 0 Å². The summed E-state index contributed by atoms with van der Waals surface area (Å²) in [5.74, 6) is -0.394. The van der Waals surface area contributed by atoms with Crippen LogP contribution < -0.4 is 5.32 Å². The number of furan rings is 1. The predicted molar refractivity (Wildman–Crippen MR) is 66.1 cm³/mol. The molecule has 2 aromatic rings. The summed E-state index contributed by atoms with van der Waals surface area (Å²) in [6, 6.07) is 6.05. The number of aliphatic hydroxyl groups is 1. The molecular formula is C14H12FNO3. The van der Waals surface area contributed by atoms with Crippen molar-refractivity contribution in [3.8, 4) is 0 Å². The molecule has 1 atom stereocenters. The first-order valence-corrected chi connectivity index (χ1v) is 5.99. The molecular weight excluding hydrogens is 249 g/mol. The standard InChI is InChI=1S/C14H12FNO3/c15-10-7-11-8(3-4-13(17)16-11)6-9(10)14(18)12-2-1-5-19-12/h1-2,5-7,14,18H,3-4H2,(H,16,17). The van der Waals surface area contributed by atoms with Gasteiger partial charge < -0.3 is 14.8 Å². The second kappa shape index (κ2) is 4.51. The molecule has 1 aromatic carbocycles. The van der Waals surface area contributed by atoms with Crippen LogP contribution in [0.15, 0.2) is 34.9 Å². The lowest BCUT2D eigenvalue weighted by atomic mass is 9.97. The smallest absolute Gasteiger partial charge is 0.224 e. The molecule has 0 spiro atoms. The van der Waals surface area contributed by atoms with E-state index in [9.17, 15) is 14.3 Å². The fourth-order valence-corrected chi connectivity index (χ4v) is 2.23. The predicted octanol–water partition coefficient (Wildman–Crippen LogP) is 2.39. The SMILES string of the molecule is O=C1CCc2cc(C(O)c3ccco3)c(F)cc2N1. The van der Waals surface area contributed by atoms with Crippen LogP contribution in [0.5, 0.6) is 0 Å². The zero-order chi connectivity index (χ0) is 13.4. The third kappa shape index (κ3) is 2.13. The third-order valence-electron chi connectivity index (χ3n) is 3.23. The molecule has 1 aliphatic heterocycles. The molecule has 0 radical (unpaired) electrons. The van der Waals surface area contributed by atoms with Crippen LogP contribution in [-0.4, -0.2) is 11.0 Å². The molecule has 5 heteroatoms. The Balaban J connectivity index is 2.01. The average Bonchev–Trinajstić information content (AvgIpc) is 2.91. The Morgan fingerprint density at radius 3 is 2.95 bits per heavy atom. The van der Waals surface area contributed by atoms with Gasteiger partial charge in [-0.25, -0.2) is 4.39 Å². The van der Waals surface area contributed by atoms with Gasteiger partial charge in [0.05, 0.1) is 6.26 Å². The van der Waals surface area contributed by atoms with Crippen molar-refractivity contribution in [2.75, 3.05) is 5.32 Å². The van der Waals surface area contributed by atoms with Gasteiger partial charge in [0.15, 0.2) is 0 Å². The highest BCUT2D eigenvalue weighted by atomic mass is 19.1. The summed E-state index contributed by atoms with van der Waals surface area (Å²) in [5.41, 5.74) is 1.45. The lowest BCUT2D eigenvalue weighted by molar-refractivity contribution is -0.116. The summed E-state index contributed by atoms with van der Waals surface area (Å²) in [4.78, 5) is 11.2. The van der Waals surface area contributed by atoms with Gasteiger partial charge in [-0.05, 0) is 36.2 Å². The van der Waals surface area contributed by atoms with Crippen LogP contribution >= 0.6 is 0 Å². The van der Waals surface area contributed by atoms with Crippen molar-refractivity contribution in [3.05, 3.63) is 53.2 Å². The highest BCUT2D eigenvalue weighted by Crippen LogP contribution is 2.31. The molecule has 19 heavy (non-hydrogen) atoms. The number of benzene rings is 1.